The number of piperazine rings is 1. The van der Waals surface area contributed by atoms with Crippen LogP contribution in [0, 0.1) is 6.92 Å². The zero-order valence-electron chi connectivity index (χ0n) is 15.7. The van der Waals surface area contributed by atoms with Gasteiger partial charge in [0.15, 0.2) is 0 Å². The number of oxazole rings is 1. The van der Waals surface area contributed by atoms with Crippen molar-refractivity contribution >= 4 is 29.1 Å². The van der Waals surface area contributed by atoms with Crippen LogP contribution < -0.4 is 0 Å². The monoisotopic (exact) mass is 402 g/mol. The highest BCUT2D eigenvalue weighted by Crippen LogP contribution is 2.26. The van der Waals surface area contributed by atoms with E-state index in [0.29, 0.717) is 38.6 Å². The maximum atomic E-state index is 12.4. The number of amides is 3. The van der Waals surface area contributed by atoms with E-state index in [1.54, 1.807) is 16.2 Å². The Morgan fingerprint density at radius 1 is 1.18 bits per heavy atom. The van der Waals surface area contributed by atoms with Gasteiger partial charge in [0.05, 0.1) is 10.6 Å². The number of carbonyl (C=O) groups excluding carboxylic acids is 3. The highest BCUT2D eigenvalue weighted by atomic mass is 32.1. The van der Waals surface area contributed by atoms with E-state index in [-0.39, 0.29) is 37.1 Å². The molecule has 148 valence electrons. The van der Waals surface area contributed by atoms with Gasteiger partial charge in [-0.25, -0.2) is 4.98 Å². The Morgan fingerprint density at radius 3 is 2.54 bits per heavy atom. The molecule has 0 unspecified atom stereocenters. The van der Waals surface area contributed by atoms with E-state index >= 15 is 0 Å². The minimum atomic E-state index is -0.250. The number of hydrogen-bond acceptors (Lipinski definition) is 7. The molecule has 2 aromatic rings. The lowest BCUT2D eigenvalue weighted by Crippen LogP contribution is -2.51. The lowest BCUT2D eigenvalue weighted by atomic mass is 10.2. The standard InChI is InChI=1S/C19H22N4O4S/c1-13-14(20-19(27-13)15-3-2-10-28-15)11-21-6-8-22(9-7-21)18(26)12-23-16(24)4-5-17(23)25/h2-3,10H,4-9,11-12H2,1H3. The van der Waals surface area contributed by atoms with E-state index in [4.69, 9.17) is 4.42 Å². The van der Waals surface area contributed by atoms with Crippen molar-refractivity contribution < 1.29 is 18.8 Å². The fourth-order valence-electron chi connectivity index (χ4n) is 3.48. The third kappa shape index (κ3) is 3.85. The van der Waals surface area contributed by atoms with Crippen LogP contribution in [0.3, 0.4) is 0 Å². The molecule has 9 heteroatoms. The molecule has 4 rings (SSSR count). The van der Waals surface area contributed by atoms with Crippen LogP contribution in [0.1, 0.15) is 24.3 Å². The van der Waals surface area contributed by atoms with Gasteiger partial charge in [-0.3, -0.25) is 24.2 Å². The molecule has 8 nitrogen and oxygen atoms in total. The third-order valence-corrected chi connectivity index (χ3v) is 6.03. The lowest BCUT2D eigenvalue weighted by Gasteiger charge is -2.35. The van der Waals surface area contributed by atoms with E-state index in [9.17, 15) is 14.4 Å². The summed E-state index contributed by atoms with van der Waals surface area (Å²) < 4.78 is 5.79. The van der Waals surface area contributed by atoms with Gasteiger partial charge in [-0.05, 0) is 18.4 Å². The molecule has 0 saturated carbocycles. The van der Waals surface area contributed by atoms with Gasteiger partial charge in [0.2, 0.25) is 23.6 Å². The number of aryl methyl sites for hydroxylation is 1. The van der Waals surface area contributed by atoms with Crippen LogP contribution in [-0.2, 0) is 20.9 Å². The molecule has 0 atom stereocenters. The number of rotatable bonds is 5. The first-order chi connectivity index (χ1) is 13.5. The summed E-state index contributed by atoms with van der Waals surface area (Å²) in [5.74, 6) is 0.796. The number of nitrogens with zero attached hydrogens (tertiary/aromatic N) is 4. The molecule has 28 heavy (non-hydrogen) atoms. The first kappa shape index (κ1) is 18.8. The summed E-state index contributed by atoms with van der Waals surface area (Å²) in [7, 11) is 0. The molecule has 2 aliphatic heterocycles. The third-order valence-electron chi connectivity index (χ3n) is 5.17. The van der Waals surface area contributed by atoms with E-state index in [2.05, 4.69) is 9.88 Å². The van der Waals surface area contributed by atoms with E-state index in [1.807, 2.05) is 24.4 Å². The number of likely N-dealkylation sites (tertiary alicyclic amines) is 1. The number of imide groups is 1. The van der Waals surface area contributed by atoms with E-state index in [0.717, 1.165) is 21.2 Å². The van der Waals surface area contributed by atoms with Crippen LogP contribution in [0.5, 0.6) is 0 Å². The van der Waals surface area contributed by atoms with Crippen LogP contribution in [-0.4, -0.2) is 70.1 Å². The Hall–Kier alpha value is -2.52. The highest BCUT2D eigenvalue weighted by Gasteiger charge is 2.32. The molecule has 0 radical (unpaired) electrons. The molecule has 2 aliphatic rings. The highest BCUT2D eigenvalue weighted by molar-refractivity contribution is 7.13. The van der Waals surface area contributed by atoms with E-state index in [1.165, 1.54) is 0 Å². The molecule has 0 N–H and O–H groups in total. The molecule has 0 aliphatic carbocycles. The molecule has 3 amide bonds. The summed E-state index contributed by atoms with van der Waals surface area (Å²) in [6.07, 6.45) is 0.425. The fraction of sp³-hybridized carbons (Fsp3) is 0.474. The van der Waals surface area contributed by atoms with Gasteiger partial charge in [0.25, 0.3) is 0 Å². The molecule has 2 fully saturated rings. The van der Waals surface area contributed by atoms with Crippen LogP contribution in [0.25, 0.3) is 10.8 Å². The van der Waals surface area contributed by atoms with Gasteiger partial charge >= 0.3 is 0 Å². The molecule has 2 aromatic heterocycles. The van der Waals surface area contributed by atoms with Crippen molar-refractivity contribution in [2.24, 2.45) is 0 Å². The molecule has 0 aromatic carbocycles. The van der Waals surface area contributed by atoms with Crippen LogP contribution in [0.15, 0.2) is 21.9 Å². The summed E-state index contributed by atoms with van der Waals surface area (Å²) in [5.41, 5.74) is 0.913. The number of carbonyl (C=O) groups is 3. The quantitative estimate of drug-likeness (QED) is 0.705. The SMILES string of the molecule is Cc1oc(-c2cccs2)nc1CN1CCN(C(=O)CN2C(=O)CCC2=O)CC1. The summed E-state index contributed by atoms with van der Waals surface area (Å²) in [6, 6.07) is 3.96. The van der Waals surface area contributed by atoms with Crippen molar-refractivity contribution in [2.75, 3.05) is 32.7 Å². The van der Waals surface area contributed by atoms with Gasteiger partial charge < -0.3 is 9.32 Å². The second-order valence-corrected chi connectivity index (χ2v) is 7.98. The topological polar surface area (TPSA) is 87.0 Å². The van der Waals surface area contributed by atoms with Gasteiger partial charge in [-0.15, -0.1) is 11.3 Å². The maximum absolute atomic E-state index is 12.4. The molecular weight excluding hydrogens is 380 g/mol. The molecule has 2 saturated heterocycles. The lowest BCUT2D eigenvalue weighted by molar-refractivity contribution is -0.146. The summed E-state index contributed by atoms with van der Waals surface area (Å²) in [6.45, 7) is 5.04. The van der Waals surface area contributed by atoms with Gasteiger partial charge in [-0.1, -0.05) is 6.07 Å². The number of thiophene rings is 1. The Labute approximate surface area is 166 Å². The Balaban J connectivity index is 1.30. The van der Waals surface area contributed by atoms with Crippen LogP contribution >= 0.6 is 11.3 Å². The number of aromatic nitrogens is 1. The average Bonchev–Trinajstić information content (AvgIpc) is 3.41. The predicted octanol–water partition coefficient (Wildman–Crippen LogP) is 1.50. The fourth-order valence-corrected chi connectivity index (χ4v) is 4.13. The Morgan fingerprint density at radius 2 is 1.89 bits per heavy atom. The predicted molar refractivity (Wildman–Crippen MR) is 102 cm³/mol. The van der Waals surface area contributed by atoms with Crippen LogP contribution in [0.4, 0.5) is 0 Å². The van der Waals surface area contributed by atoms with Crippen molar-refractivity contribution in [3.63, 3.8) is 0 Å². The normalized spacial score (nSPS) is 18.3. The smallest absolute Gasteiger partial charge is 0.242 e. The second kappa shape index (κ2) is 7.84. The minimum absolute atomic E-state index is 0.135. The van der Waals surface area contributed by atoms with Gasteiger partial charge in [0, 0.05) is 45.6 Å². The molecular formula is C19H22N4O4S. The first-order valence-electron chi connectivity index (χ1n) is 9.35. The van der Waals surface area contributed by atoms with E-state index < -0.39 is 0 Å². The van der Waals surface area contributed by atoms with Crippen molar-refractivity contribution in [3.05, 3.63) is 29.0 Å². The minimum Gasteiger partial charge on any atom is -0.440 e. The van der Waals surface area contributed by atoms with Gasteiger partial charge in [0.1, 0.15) is 12.3 Å². The number of hydrogen-bond donors (Lipinski definition) is 0. The summed E-state index contributed by atoms with van der Waals surface area (Å²) >= 11 is 1.59. The molecule has 0 bridgehead atoms. The van der Waals surface area contributed by atoms with Gasteiger partial charge in [-0.2, -0.15) is 0 Å². The Kier molecular flexibility index (Phi) is 5.27. The zero-order valence-corrected chi connectivity index (χ0v) is 16.5. The Bertz CT molecular complexity index is 868. The second-order valence-electron chi connectivity index (χ2n) is 7.03. The summed E-state index contributed by atoms with van der Waals surface area (Å²) in [5, 5.41) is 1.99. The summed E-state index contributed by atoms with van der Waals surface area (Å²) in [4.78, 5) is 46.5. The molecule has 0 spiro atoms. The largest absolute Gasteiger partial charge is 0.440 e. The zero-order chi connectivity index (χ0) is 19.7. The first-order valence-corrected chi connectivity index (χ1v) is 10.2. The average molecular weight is 402 g/mol. The van der Waals surface area contributed by atoms with Crippen molar-refractivity contribution in [2.45, 2.75) is 26.3 Å². The van der Waals surface area contributed by atoms with Crippen molar-refractivity contribution in [1.82, 2.24) is 19.7 Å². The van der Waals surface area contributed by atoms with Crippen molar-refractivity contribution in [1.29, 1.82) is 0 Å². The van der Waals surface area contributed by atoms with Crippen LogP contribution in [0.2, 0.25) is 0 Å². The molecule has 4 heterocycles. The maximum Gasteiger partial charge on any atom is 0.242 e. The van der Waals surface area contributed by atoms with Crippen molar-refractivity contribution in [3.8, 4) is 10.8 Å².